The summed E-state index contributed by atoms with van der Waals surface area (Å²) in [6.45, 7) is 7.80. The van der Waals surface area contributed by atoms with E-state index in [1.807, 2.05) is 27.7 Å². The SMILES string of the molecule is CC(C)(CBr)C(Br)(Br)O[P+](=O)OC(Br)(Br)C(C)(C)CBr. The van der Waals surface area contributed by atoms with Crippen molar-refractivity contribution in [1.29, 1.82) is 0 Å². The Bertz CT molecular complexity index is 327. The molecule has 10 heteroatoms. The zero-order chi connectivity index (χ0) is 16.4. The van der Waals surface area contributed by atoms with Crippen LogP contribution in [0.1, 0.15) is 27.7 Å². The molecule has 120 valence electrons. The van der Waals surface area contributed by atoms with Crippen LogP contribution >= 0.6 is 104 Å². The predicted molar refractivity (Wildman–Crippen MR) is 106 cm³/mol. The van der Waals surface area contributed by atoms with E-state index in [4.69, 9.17) is 9.05 Å². The topological polar surface area (TPSA) is 35.5 Å². The highest BCUT2D eigenvalue weighted by atomic mass is 79.9. The van der Waals surface area contributed by atoms with E-state index in [0.717, 1.165) is 0 Å². The number of rotatable bonds is 8. The molecule has 0 aliphatic rings. The molecule has 0 fully saturated rings. The van der Waals surface area contributed by atoms with E-state index >= 15 is 0 Å². The molecular weight excluding hydrogens is 679 g/mol. The normalized spacial score (nSPS) is 14.5. The van der Waals surface area contributed by atoms with Crippen molar-refractivity contribution in [3.05, 3.63) is 0 Å². The molecule has 20 heavy (non-hydrogen) atoms. The van der Waals surface area contributed by atoms with Gasteiger partial charge in [0.1, 0.15) is 0 Å². The smallest absolute Gasteiger partial charge is 0.0920 e. The Balaban J connectivity index is 4.90. The van der Waals surface area contributed by atoms with Crippen molar-refractivity contribution in [2.75, 3.05) is 10.7 Å². The van der Waals surface area contributed by atoms with Crippen LogP contribution in [0.25, 0.3) is 0 Å². The van der Waals surface area contributed by atoms with Gasteiger partial charge in [0, 0.05) is 26.1 Å². The van der Waals surface area contributed by atoms with Crippen LogP contribution in [0.5, 0.6) is 0 Å². The van der Waals surface area contributed by atoms with Gasteiger partial charge in [0.05, 0.1) is 0 Å². The summed E-state index contributed by atoms with van der Waals surface area (Å²) in [5.74, 6) is 0. The van der Waals surface area contributed by atoms with Crippen molar-refractivity contribution >= 4 is 104 Å². The molecule has 0 rings (SSSR count). The van der Waals surface area contributed by atoms with Gasteiger partial charge in [-0.3, -0.25) is 0 Å². The Labute approximate surface area is 171 Å². The summed E-state index contributed by atoms with van der Waals surface area (Å²) in [6.07, 6.45) is 0. The van der Waals surface area contributed by atoms with Gasteiger partial charge < -0.3 is 0 Å². The first kappa shape index (κ1) is 22.9. The number of alkyl halides is 6. The minimum Gasteiger partial charge on any atom is -0.0920 e. The monoisotopic (exact) mass is 689 g/mol. The molecule has 3 nitrogen and oxygen atoms in total. The van der Waals surface area contributed by atoms with E-state index in [1.54, 1.807) is 0 Å². The summed E-state index contributed by atoms with van der Waals surface area (Å²) in [5.41, 5.74) is -0.707. The minimum atomic E-state index is -2.38. The number of halogens is 6. The third-order valence-corrected chi connectivity index (χ3v) is 12.2. The number of hydrogen-bond acceptors (Lipinski definition) is 3. The van der Waals surface area contributed by atoms with Crippen LogP contribution in [0.4, 0.5) is 0 Å². The van der Waals surface area contributed by atoms with Crippen LogP contribution in [-0.2, 0) is 13.6 Å². The average molecular weight is 695 g/mol. The molecule has 0 bridgehead atoms. The van der Waals surface area contributed by atoms with Crippen LogP contribution < -0.4 is 0 Å². The lowest BCUT2D eigenvalue weighted by atomic mass is 9.98. The lowest BCUT2D eigenvalue weighted by Gasteiger charge is -2.33. The fourth-order valence-electron chi connectivity index (χ4n) is 0.609. The highest BCUT2D eigenvalue weighted by Crippen LogP contribution is 2.56. The van der Waals surface area contributed by atoms with Crippen molar-refractivity contribution in [1.82, 2.24) is 0 Å². The Hall–Kier alpha value is 2.90. The zero-order valence-electron chi connectivity index (χ0n) is 11.4. The van der Waals surface area contributed by atoms with Crippen LogP contribution in [0.3, 0.4) is 0 Å². The summed E-state index contributed by atoms with van der Waals surface area (Å²) < 4.78 is 21.2. The molecule has 0 unspecified atom stereocenters. The minimum absolute atomic E-state index is 0.354. The molecule has 0 saturated carbocycles. The second-order valence-electron chi connectivity index (χ2n) is 5.47. The third-order valence-electron chi connectivity index (χ3n) is 2.62. The van der Waals surface area contributed by atoms with Gasteiger partial charge in [-0.25, -0.2) is 0 Å². The fraction of sp³-hybridized carbons (Fsp3) is 1.00. The largest absolute Gasteiger partial charge is 0.702 e. The van der Waals surface area contributed by atoms with Crippen LogP contribution in [0.15, 0.2) is 0 Å². The lowest BCUT2D eigenvalue weighted by molar-refractivity contribution is 0.0933. The molecule has 0 aromatic rings. The van der Waals surface area contributed by atoms with Crippen molar-refractivity contribution in [3.63, 3.8) is 0 Å². The molecular formula is C10H16Br6O3P+. The van der Waals surface area contributed by atoms with Gasteiger partial charge in [0.2, 0.25) is 6.84 Å². The van der Waals surface area contributed by atoms with Crippen molar-refractivity contribution in [2.24, 2.45) is 10.8 Å². The maximum atomic E-state index is 12.2. The first-order valence-electron chi connectivity index (χ1n) is 5.45. The molecule has 0 aliphatic heterocycles. The molecule has 0 aromatic carbocycles. The van der Waals surface area contributed by atoms with Crippen LogP contribution in [0.2, 0.25) is 0 Å². The highest BCUT2D eigenvalue weighted by Gasteiger charge is 2.54. The molecule has 0 spiro atoms. The summed E-state index contributed by atoms with van der Waals surface area (Å²) in [5, 5.41) is 1.28. The molecule has 0 saturated heterocycles. The lowest BCUT2D eigenvalue weighted by Crippen LogP contribution is -2.38. The summed E-state index contributed by atoms with van der Waals surface area (Å²) >= 11 is 20.4. The van der Waals surface area contributed by atoms with Crippen molar-refractivity contribution in [2.45, 2.75) is 34.5 Å². The highest BCUT2D eigenvalue weighted by molar-refractivity contribution is 9.25. The van der Waals surface area contributed by atoms with Gasteiger partial charge in [0.25, 0.3) is 0 Å². The Morgan fingerprint density at radius 1 is 0.800 bits per heavy atom. The standard InChI is InChI=1S/C10H16Br6O3P/c1-7(2,5-11)9(13,14)18-20(17)19-10(15,16)8(3,4)6-12/h5-6H2,1-4H3/q+1. The molecule has 0 radical (unpaired) electrons. The quantitative estimate of drug-likeness (QED) is 0.196. The van der Waals surface area contributed by atoms with E-state index in [0.29, 0.717) is 10.7 Å². The van der Waals surface area contributed by atoms with Crippen LogP contribution in [-0.4, -0.2) is 17.5 Å². The van der Waals surface area contributed by atoms with Crippen molar-refractivity contribution < 1.29 is 13.6 Å². The molecule has 0 atom stereocenters. The summed E-state index contributed by atoms with van der Waals surface area (Å²) in [7, 11) is -2.38. The Morgan fingerprint density at radius 2 is 1.05 bits per heavy atom. The van der Waals surface area contributed by atoms with E-state index in [1.165, 1.54) is 0 Å². The van der Waals surface area contributed by atoms with Crippen LogP contribution in [0, 0.1) is 10.8 Å². The number of hydrogen-bond donors (Lipinski definition) is 0. The van der Waals surface area contributed by atoms with Gasteiger partial charge in [-0.1, -0.05) is 68.6 Å². The fourth-order valence-corrected chi connectivity index (χ4v) is 5.79. The summed E-state index contributed by atoms with van der Waals surface area (Å²) in [4.78, 5) is 0. The van der Waals surface area contributed by atoms with Crippen molar-refractivity contribution in [3.8, 4) is 0 Å². The molecule has 0 aromatic heterocycles. The van der Waals surface area contributed by atoms with Gasteiger partial charge in [-0.2, -0.15) is 0 Å². The molecule has 0 N–H and O–H groups in total. The molecule has 0 heterocycles. The second-order valence-corrected chi connectivity index (χ2v) is 14.0. The Kier molecular flexibility index (Phi) is 9.53. The first-order valence-corrected chi connectivity index (χ1v) is 12.0. The Morgan fingerprint density at radius 3 is 1.25 bits per heavy atom. The second kappa shape index (κ2) is 8.32. The van der Waals surface area contributed by atoms with E-state index in [-0.39, 0.29) is 10.8 Å². The maximum absolute atomic E-state index is 12.2. The third kappa shape index (κ3) is 6.08. The summed E-state index contributed by atoms with van der Waals surface area (Å²) in [6, 6.07) is 0. The van der Waals surface area contributed by atoms with E-state index in [9.17, 15) is 4.57 Å². The van der Waals surface area contributed by atoms with Gasteiger partial charge in [0.15, 0.2) is 0 Å². The predicted octanol–water partition coefficient (Wildman–Crippen LogP) is 7.41. The first-order chi connectivity index (χ1) is 8.72. The average Bonchev–Trinajstić information content (AvgIpc) is 2.26. The van der Waals surface area contributed by atoms with Gasteiger partial charge >= 0.3 is 8.25 Å². The molecule has 0 amide bonds. The van der Waals surface area contributed by atoms with E-state index < -0.39 is 15.1 Å². The maximum Gasteiger partial charge on any atom is 0.702 e. The zero-order valence-corrected chi connectivity index (χ0v) is 21.8. The van der Waals surface area contributed by atoms with Gasteiger partial charge in [-0.15, -0.1) is 0 Å². The van der Waals surface area contributed by atoms with E-state index in [2.05, 4.69) is 95.6 Å². The molecule has 0 aliphatic carbocycles. The van der Waals surface area contributed by atoms with Gasteiger partial charge in [-0.05, 0) is 63.7 Å².